The summed E-state index contributed by atoms with van der Waals surface area (Å²) < 4.78 is 5.24. The number of amides is 2. The molecule has 18 heavy (non-hydrogen) atoms. The molecule has 2 amide bonds. The van der Waals surface area contributed by atoms with Crippen LogP contribution in [0.4, 0.5) is 4.79 Å². The maximum Gasteiger partial charge on any atom is 0.410 e. The van der Waals surface area contributed by atoms with E-state index < -0.39 is 5.60 Å². The number of hydrogen-bond acceptors (Lipinski definition) is 3. The Bertz CT molecular complexity index is 374. The van der Waals surface area contributed by atoms with Crippen LogP contribution in [0.25, 0.3) is 5.53 Å². The summed E-state index contributed by atoms with van der Waals surface area (Å²) in [5.74, 6) is -0.360. The van der Waals surface area contributed by atoms with E-state index in [1.54, 1.807) is 4.90 Å². The monoisotopic (exact) mass is 254 g/mol. The largest absolute Gasteiger partial charge is 0.444 e. The van der Waals surface area contributed by atoms with Gasteiger partial charge in [-0.3, -0.25) is 4.79 Å². The van der Waals surface area contributed by atoms with E-state index in [4.69, 9.17) is 10.3 Å². The fraction of sp³-hybridized carbons (Fsp3) is 0.727. The second-order valence-corrected chi connectivity index (χ2v) is 5.04. The van der Waals surface area contributed by atoms with Gasteiger partial charge >= 0.3 is 18.2 Å². The minimum atomic E-state index is -0.520. The van der Waals surface area contributed by atoms with Gasteiger partial charge in [-0.05, 0) is 20.8 Å². The second-order valence-electron chi connectivity index (χ2n) is 5.04. The highest BCUT2D eigenvalue weighted by atomic mass is 16.6. The summed E-state index contributed by atoms with van der Waals surface area (Å²) in [7, 11) is 0. The van der Waals surface area contributed by atoms with Gasteiger partial charge < -0.3 is 20.1 Å². The number of carbonyl (C=O) groups is 2. The first-order valence-corrected chi connectivity index (χ1v) is 5.78. The first-order valence-electron chi connectivity index (χ1n) is 5.78. The molecule has 0 aromatic carbocycles. The van der Waals surface area contributed by atoms with Gasteiger partial charge in [0, 0.05) is 26.2 Å². The van der Waals surface area contributed by atoms with Gasteiger partial charge in [-0.25, -0.2) is 4.79 Å². The number of rotatable bonds is 1. The lowest BCUT2D eigenvalue weighted by Crippen LogP contribution is -2.51. The van der Waals surface area contributed by atoms with Gasteiger partial charge in [0.05, 0.1) is 0 Å². The van der Waals surface area contributed by atoms with E-state index in [0.29, 0.717) is 26.2 Å². The highest BCUT2D eigenvalue weighted by Gasteiger charge is 2.27. The smallest absolute Gasteiger partial charge is 0.410 e. The van der Waals surface area contributed by atoms with Crippen molar-refractivity contribution in [2.75, 3.05) is 26.2 Å². The molecule has 0 N–H and O–H groups in total. The Morgan fingerprint density at radius 2 is 1.67 bits per heavy atom. The Hall–Kier alpha value is -1.88. The molecule has 0 atom stereocenters. The molecule has 1 aliphatic rings. The molecule has 1 rings (SSSR count). The number of nitrogens with zero attached hydrogens (tertiary/aromatic N) is 4. The van der Waals surface area contributed by atoms with Crippen molar-refractivity contribution in [3.05, 3.63) is 5.53 Å². The van der Waals surface area contributed by atoms with Crippen LogP contribution in [0, 0.1) is 0 Å². The third-order valence-corrected chi connectivity index (χ3v) is 2.41. The molecule has 1 aliphatic heterocycles. The van der Waals surface area contributed by atoms with Crippen molar-refractivity contribution in [3.63, 3.8) is 0 Å². The second kappa shape index (κ2) is 5.64. The highest BCUT2D eigenvalue weighted by molar-refractivity contribution is 6.23. The van der Waals surface area contributed by atoms with Crippen LogP contribution in [0.3, 0.4) is 0 Å². The van der Waals surface area contributed by atoms with E-state index in [1.807, 2.05) is 20.8 Å². The third kappa shape index (κ3) is 4.18. The summed E-state index contributed by atoms with van der Waals surface area (Å²) in [6.45, 7) is 7.07. The number of carbonyl (C=O) groups excluding carboxylic acids is 2. The first kappa shape index (κ1) is 14.2. The van der Waals surface area contributed by atoms with Crippen molar-refractivity contribution in [2.24, 2.45) is 0 Å². The van der Waals surface area contributed by atoms with Crippen molar-refractivity contribution >= 4 is 18.2 Å². The molecule has 1 fully saturated rings. The normalized spacial score (nSPS) is 15.9. The first-order chi connectivity index (χ1) is 8.33. The maximum absolute atomic E-state index is 11.7. The summed E-state index contributed by atoms with van der Waals surface area (Å²) in [4.78, 5) is 28.9. The van der Waals surface area contributed by atoms with E-state index in [0.717, 1.165) is 6.21 Å². The molecule has 100 valence electrons. The molecule has 1 saturated heterocycles. The fourth-order valence-corrected chi connectivity index (χ4v) is 1.57. The minimum Gasteiger partial charge on any atom is -0.444 e. The van der Waals surface area contributed by atoms with E-state index in [1.165, 1.54) is 4.90 Å². The molecule has 7 nitrogen and oxygen atoms in total. The van der Waals surface area contributed by atoms with Gasteiger partial charge in [0.1, 0.15) is 5.60 Å². The molecular formula is C11H18N4O3. The topological polar surface area (TPSA) is 86.2 Å². The average Bonchev–Trinajstić information content (AvgIpc) is 2.27. The van der Waals surface area contributed by atoms with Gasteiger partial charge in [-0.15, -0.1) is 0 Å². The van der Waals surface area contributed by atoms with Crippen molar-refractivity contribution in [2.45, 2.75) is 26.4 Å². The third-order valence-electron chi connectivity index (χ3n) is 2.41. The van der Waals surface area contributed by atoms with Crippen LogP contribution in [0.15, 0.2) is 0 Å². The molecule has 0 radical (unpaired) electrons. The number of hydrogen-bond donors (Lipinski definition) is 0. The van der Waals surface area contributed by atoms with E-state index in [2.05, 4.69) is 4.79 Å². The average molecular weight is 254 g/mol. The predicted molar refractivity (Wildman–Crippen MR) is 64.1 cm³/mol. The molecule has 1 heterocycles. The van der Waals surface area contributed by atoms with Crippen molar-refractivity contribution in [1.82, 2.24) is 9.80 Å². The molecule has 0 spiro atoms. The lowest BCUT2D eigenvalue weighted by molar-refractivity contribution is -0.129. The quantitative estimate of drug-likeness (QED) is 0.385. The SMILES string of the molecule is CC(C)(C)OC(=O)N1CCN(C(=O)C=[N+]=[N-])CC1. The van der Waals surface area contributed by atoms with Gasteiger partial charge in [0.25, 0.3) is 0 Å². The molecule has 7 heteroatoms. The zero-order valence-electron chi connectivity index (χ0n) is 10.9. The van der Waals surface area contributed by atoms with Crippen LogP contribution in [-0.4, -0.2) is 64.6 Å². The van der Waals surface area contributed by atoms with Crippen molar-refractivity contribution in [1.29, 1.82) is 0 Å². The van der Waals surface area contributed by atoms with Crippen molar-refractivity contribution < 1.29 is 19.1 Å². The highest BCUT2D eigenvalue weighted by Crippen LogP contribution is 2.11. The molecule has 0 bridgehead atoms. The van der Waals surface area contributed by atoms with Crippen LogP contribution < -0.4 is 0 Å². The molecule has 0 aromatic heterocycles. The van der Waals surface area contributed by atoms with Crippen LogP contribution in [0.5, 0.6) is 0 Å². The van der Waals surface area contributed by atoms with Crippen LogP contribution in [0.1, 0.15) is 20.8 Å². The summed E-state index contributed by atoms with van der Waals surface area (Å²) in [6.07, 6.45) is 0.480. The Labute approximate surface area is 106 Å². The molecule has 0 unspecified atom stereocenters. The maximum atomic E-state index is 11.7. The summed E-state index contributed by atoms with van der Waals surface area (Å²) in [6, 6.07) is 0. The van der Waals surface area contributed by atoms with E-state index in [-0.39, 0.29) is 12.0 Å². The van der Waals surface area contributed by atoms with Gasteiger partial charge in [0.2, 0.25) is 0 Å². The van der Waals surface area contributed by atoms with E-state index in [9.17, 15) is 9.59 Å². The Balaban J connectivity index is 2.46. The lowest BCUT2D eigenvalue weighted by atomic mass is 10.2. The van der Waals surface area contributed by atoms with Crippen LogP contribution >= 0.6 is 0 Å². The van der Waals surface area contributed by atoms with Gasteiger partial charge in [-0.2, -0.15) is 4.79 Å². The Morgan fingerprint density at radius 3 is 2.11 bits per heavy atom. The van der Waals surface area contributed by atoms with Crippen LogP contribution in [0.2, 0.25) is 0 Å². The molecular weight excluding hydrogens is 236 g/mol. The van der Waals surface area contributed by atoms with E-state index >= 15 is 0 Å². The van der Waals surface area contributed by atoms with Crippen molar-refractivity contribution in [3.8, 4) is 0 Å². The summed E-state index contributed by atoms with van der Waals surface area (Å²) >= 11 is 0. The Morgan fingerprint density at radius 1 is 1.17 bits per heavy atom. The molecule has 0 aromatic rings. The summed E-state index contributed by atoms with van der Waals surface area (Å²) in [5.41, 5.74) is 7.75. The van der Waals surface area contributed by atoms with Gasteiger partial charge in [0.15, 0.2) is 0 Å². The number of piperazine rings is 1. The van der Waals surface area contributed by atoms with Crippen LogP contribution in [-0.2, 0) is 9.53 Å². The van der Waals surface area contributed by atoms with Gasteiger partial charge in [-0.1, -0.05) is 0 Å². The zero-order valence-corrected chi connectivity index (χ0v) is 10.9. The Kier molecular flexibility index (Phi) is 4.44. The lowest BCUT2D eigenvalue weighted by Gasteiger charge is -2.34. The predicted octanol–water partition coefficient (Wildman–Crippen LogP) is 0.366. The fourth-order valence-electron chi connectivity index (χ4n) is 1.57. The standard InChI is InChI=1S/C11H18N4O3/c1-11(2,3)18-10(17)15-6-4-14(5-7-15)9(16)8-13-12/h8H,4-7H2,1-3H3. The minimum absolute atomic E-state index is 0.360. The molecule has 0 saturated carbocycles. The molecule has 0 aliphatic carbocycles. The zero-order chi connectivity index (χ0) is 13.8. The number of ether oxygens (including phenoxy) is 1. The summed E-state index contributed by atoms with van der Waals surface area (Å²) in [5, 5.41) is 0.